The molecule has 0 saturated carbocycles. The average Bonchev–Trinajstić information content (AvgIpc) is 2.88. The summed E-state index contributed by atoms with van der Waals surface area (Å²) in [5.41, 5.74) is 5.79. The molecule has 0 aliphatic heterocycles. The van der Waals surface area contributed by atoms with Crippen LogP contribution in [0.15, 0.2) is 109 Å². The van der Waals surface area contributed by atoms with Gasteiger partial charge in [0.05, 0.1) is 0 Å². The molecule has 36 heavy (non-hydrogen) atoms. The molecule has 0 amide bonds. The Hall–Kier alpha value is -3.97. The van der Waals surface area contributed by atoms with Crippen molar-refractivity contribution >= 4 is 22.6 Å². The Morgan fingerprint density at radius 2 is 0.833 bits per heavy atom. The average molecular weight is 586 g/mol. The van der Waals surface area contributed by atoms with E-state index in [0.29, 0.717) is 11.1 Å². The Kier molecular flexibility index (Phi) is 6.57. The molecule has 0 bridgehead atoms. The Balaban J connectivity index is 1.70. The second-order valence-corrected chi connectivity index (χ2v) is 9.87. The fourth-order valence-corrected chi connectivity index (χ4v) is 4.78. The van der Waals surface area contributed by atoms with Gasteiger partial charge < -0.3 is 20.4 Å². The quantitative estimate of drug-likeness (QED) is 0.126. The highest BCUT2D eigenvalue weighted by Crippen LogP contribution is 2.43. The van der Waals surface area contributed by atoms with Crippen molar-refractivity contribution in [3.8, 4) is 45.3 Å². The highest BCUT2D eigenvalue weighted by atomic mass is 127. The van der Waals surface area contributed by atoms with Gasteiger partial charge in [-0.1, -0.05) is 48.5 Å². The topological polar surface area (TPSA) is 80.9 Å². The van der Waals surface area contributed by atoms with Crippen LogP contribution >= 0.6 is 22.6 Å². The third kappa shape index (κ3) is 4.88. The van der Waals surface area contributed by atoms with Crippen molar-refractivity contribution in [2.75, 3.05) is 0 Å². The number of hydrogen-bond acceptors (Lipinski definition) is 4. The van der Waals surface area contributed by atoms with E-state index in [0.717, 1.165) is 31.4 Å². The first-order valence-corrected chi connectivity index (χ1v) is 12.5. The first-order valence-electron chi connectivity index (χ1n) is 11.4. The van der Waals surface area contributed by atoms with E-state index in [1.165, 1.54) is 0 Å². The van der Waals surface area contributed by atoms with E-state index in [4.69, 9.17) is 0 Å². The summed E-state index contributed by atoms with van der Waals surface area (Å²) in [5, 5.41) is 41.4. The monoisotopic (exact) mass is 586 g/mol. The fourth-order valence-electron chi connectivity index (χ4n) is 4.42. The molecule has 0 radical (unpaired) electrons. The van der Waals surface area contributed by atoms with E-state index in [9.17, 15) is 20.4 Å². The molecule has 0 aliphatic rings. The Labute approximate surface area is 222 Å². The lowest BCUT2D eigenvalue weighted by molar-refractivity contribution is 0.458. The number of aromatic hydroxyl groups is 4. The van der Waals surface area contributed by atoms with E-state index in [1.54, 1.807) is 36.4 Å². The van der Waals surface area contributed by atoms with Crippen LogP contribution in [-0.4, -0.2) is 20.4 Å². The van der Waals surface area contributed by atoms with Crippen molar-refractivity contribution in [3.05, 3.63) is 129 Å². The second-order valence-electron chi connectivity index (χ2n) is 8.63. The SMILES string of the molecule is Oc1ccc(-c2ccc(O)c(C(c3ccc(I)cc3)c3cc(-c4ccc(O)cc4)ccc3O)c2)cc1. The zero-order valence-corrected chi connectivity index (χ0v) is 21.3. The minimum atomic E-state index is -0.448. The summed E-state index contributed by atoms with van der Waals surface area (Å²) in [4.78, 5) is 0. The number of halogens is 1. The largest absolute Gasteiger partial charge is 0.508 e. The molecule has 0 unspecified atom stereocenters. The number of benzene rings is 5. The molecular formula is C31H23IO4. The van der Waals surface area contributed by atoms with Gasteiger partial charge in [-0.3, -0.25) is 0 Å². The van der Waals surface area contributed by atoms with Crippen LogP contribution < -0.4 is 0 Å². The molecule has 0 fully saturated rings. The second kappa shape index (κ2) is 9.95. The predicted molar refractivity (Wildman–Crippen MR) is 151 cm³/mol. The van der Waals surface area contributed by atoms with Crippen molar-refractivity contribution in [1.29, 1.82) is 0 Å². The van der Waals surface area contributed by atoms with E-state index < -0.39 is 5.92 Å². The first kappa shape index (κ1) is 23.8. The Morgan fingerprint density at radius 3 is 1.25 bits per heavy atom. The number of hydrogen-bond donors (Lipinski definition) is 4. The third-order valence-corrected chi connectivity index (χ3v) is 7.00. The van der Waals surface area contributed by atoms with Crippen LogP contribution in [0.5, 0.6) is 23.0 Å². The Morgan fingerprint density at radius 1 is 0.444 bits per heavy atom. The lowest BCUT2D eigenvalue weighted by Gasteiger charge is -2.23. The normalized spacial score (nSPS) is 11.1. The summed E-state index contributed by atoms with van der Waals surface area (Å²) in [6.45, 7) is 0. The van der Waals surface area contributed by atoms with Gasteiger partial charge in [0.2, 0.25) is 0 Å². The summed E-state index contributed by atoms with van der Waals surface area (Å²) >= 11 is 2.25. The number of phenols is 4. The van der Waals surface area contributed by atoms with Gasteiger partial charge >= 0.3 is 0 Å². The maximum atomic E-state index is 11.0. The van der Waals surface area contributed by atoms with E-state index in [2.05, 4.69) is 22.6 Å². The van der Waals surface area contributed by atoms with E-state index in [1.807, 2.05) is 72.8 Å². The third-order valence-electron chi connectivity index (χ3n) is 6.28. The van der Waals surface area contributed by atoms with Crippen LogP contribution in [-0.2, 0) is 0 Å². The van der Waals surface area contributed by atoms with Gasteiger partial charge in [-0.2, -0.15) is 0 Å². The highest BCUT2D eigenvalue weighted by molar-refractivity contribution is 14.1. The van der Waals surface area contributed by atoms with Crippen LogP contribution in [0.1, 0.15) is 22.6 Å². The molecule has 0 aromatic heterocycles. The standard InChI is InChI=1S/C31H23IO4/c32-24-9-1-21(2-10-24)31(27-17-22(7-15-29(27)35)19-3-11-25(33)12-4-19)28-18-23(8-16-30(28)36)20-5-13-26(34)14-6-20/h1-18,31,33-36H. The molecule has 4 N–H and O–H groups in total. The molecule has 0 heterocycles. The maximum Gasteiger partial charge on any atom is 0.119 e. The molecule has 178 valence electrons. The summed E-state index contributed by atoms with van der Waals surface area (Å²) in [6.07, 6.45) is 0. The first-order chi connectivity index (χ1) is 17.4. The number of rotatable bonds is 5. The summed E-state index contributed by atoms with van der Waals surface area (Å²) in [5.74, 6) is 0.165. The fraction of sp³-hybridized carbons (Fsp3) is 0.0323. The van der Waals surface area contributed by atoms with E-state index in [-0.39, 0.29) is 23.0 Å². The van der Waals surface area contributed by atoms with Gasteiger partial charge in [-0.15, -0.1) is 0 Å². The molecule has 4 nitrogen and oxygen atoms in total. The molecule has 0 aliphatic carbocycles. The Bertz CT molecular complexity index is 1410. The van der Waals surface area contributed by atoms with Crippen molar-refractivity contribution in [2.45, 2.75) is 5.92 Å². The van der Waals surface area contributed by atoms with Crippen LogP contribution in [0.2, 0.25) is 0 Å². The lowest BCUT2D eigenvalue weighted by Crippen LogP contribution is -2.05. The molecule has 0 saturated heterocycles. The molecule has 0 spiro atoms. The molecule has 5 aromatic carbocycles. The van der Waals surface area contributed by atoms with Gasteiger partial charge in [0.25, 0.3) is 0 Å². The molecule has 0 atom stereocenters. The van der Waals surface area contributed by atoms with Crippen LogP contribution in [0, 0.1) is 3.57 Å². The predicted octanol–water partition coefficient (Wildman–Crippen LogP) is 7.63. The zero-order valence-electron chi connectivity index (χ0n) is 19.1. The summed E-state index contributed by atoms with van der Waals surface area (Å²) in [6, 6.07) is 32.7. The smallest absolute Gasteiger partial charge is 0.119 e. The maximum absolute atomic E-state index is 11.0. The highest BCUT2D eigenvalue weighted by Gasteiger charge is 2.24. The van der Waals surface area contributed by atoms with Crippen molar-refractivity contribution in [2.24, 2.45) is 0 Å². The van der Waals surface area contributed by atoms with Gasteiger partial charge in [0.1, 0.15) is 23.0 Å². The van der Waals surface area contributed by atoms with Gasteiger partial charge in [-0.05, 0) is 111 Å². The van der Waals surface area contributed by atoms with Crippen LogP contribution in [0.25, 0.3) is 22.3 Å². The summed E-state index contributed by atoms with van der Waals surface area (Å²) < 4.78 is 1.08. The van der Waals surface area contributed by atoms with Crippen molar-refractivity contribution < 1.29 is 20.4 Å². The molecule has 5 aromatic rings. The zero-order chi connectivity index (χ0) is 25.2. The van der Waals surface area contributed by atoms with Gasteiger partial charge in [0.15, 0.2) is 0 Å². The molecule has 5 heteroatoms. The lowest BCUT2D eigenvalue weighted by atomic mass is 9.82. The van der Waals surface area contributed by atoms with E-state index >= 15 is 0 Å². The molecule has 5 rings (SSSR count). The van der Waals surface area contributed by atoms with Crippen LogP contribution in [0.4, 0.5) is 0 Å². The summed E-state index contributed by atoms with van der Waals surface area (Å²) in [7, 11) is 0. The van der Waals surface area contributed by atoms with Crippen LogP contribution in [0.3, 0.4) is 0 Å². The minimum absolute atomic E-state index is 0.121. The minimum Gasteiger partial charge on any atom is -0.508 e. The van der Waals surface area contributed by atoms with Gasteiger partial charge in [-0.25, -0.2) is 0 Å². The van der Waals surface area contributed by atoms with Crippen molar-refractivity contribution in [1.82, 2.24) is 0 Å². The molecular weight excluding hydrogens is 563 g/mol. The van der Waals surface area contributed by atoms with Crippen molar-refractivity contribution in [3.63, 3.8) is 0 Å². The number of phenolic OH excluding ortho intramolecular Hbond substituents is 4. The van der Waals surface area contributed by atoms with Gasteiger partial charge in [0, 0.05) is 20.6 Å².